The van der Waals surface area contributed by atoms with E-state index in [0.717, 1.165) is 43.9 Å². The van der Waals surface area contributed by atoms with Crippen LogP contribution in [-0.4, -0.2) is 35.5 Å². The Labute approximate surface area is 228 Å². The molecule has 0 spiro atoms. The van der Waals surface area contributed by atoms with E-state index in [2.05, 4.69) is 20.3 Å². The lowest BCUT2D eigenvalue weighted by molar-refractivity contribution is 0.410. The van der Waals surface area contributed by atoms with Gasteiger partial charge in [0.2, 0.25) is 5.95 Å². The number of nitrogens with zero attached hydrogens (tertiary/aromatic N) is 3. The zero-order valence-electron chi connectivity index (χ0n) is 21.6. The molecule has 0 atom stereocenters. The molecule has 3 N–H and O–H groups in total. The number of hydrogen-bond acceptors (Lipinski definition) is 7. The van der Waals surface area contributed by atoms with Gasteiger partial charge in [-0.15, -0.1) is 0 Å². The van der Waals surface area contributed by atoms with Gasteiger partial charge in [0.25, 0.3) is 0 Å². The molecule has 0 bridgehead atoms. The quantitative estimate of drug-likeness (QED) is 0.226. The molecule has 1 aliphatic carbocycles. The predicted octanol–water partition coefficient (Wildman–Crippen LogP) is 5.35. The summed E-state index contributed by atoms with van der Waals surface area (Å²) in [6.07, 6.45) is 5.08. The van der Waals surface area contributed by atoms with Gasteiger partial charge in [0.05, 0.1) is 28.9 Å². The molecule has 0 aliphatic heterocycles. The van der Waals surface area contributed by atoms with Gasteiger partial charge in [-0.3, -0.25) is 0 Å². The molecule has 1 saturated carbocycles. The molecule has 0 saturated heterocycles. The number of aromatic nitrogens is 3. The third kappa shape index (κ3) is 6.07. The van der Waals surface area contributed by atoms with Crippen molar-refractivity contribution in [2.24, 2.45) is 5.73 Å². The monoisotopic (exact) mass is 573 g/mol. The van der Waals surface area contributed by atoms with Gasteiger partial charge in [0.1, 0.15) is 17.2 Å². The molecule has 0 unspecified atom stereocenters. The maximum Gasteiger partial charge on any atom is 0.223 e. The lowest BCUT2D eigenvalue weighted by atomic mass is 9.92. The first-order valence-electron chi connectivity index (χ1n) is 12.8. The van der Waals surface area contributed by atoms with E-state index in [0.29, 0.717) is 22.5 Å². The highest BCUT2D eigenvalue weighted by molar-refractivity contribution is 7.89. The summed E-state index contributed by atoms with van der Waals surface area (Å²) in [5.74, 6) is -6.05. The van der Waals surface area contributed by atoms with E-state index < -0.39 is 55.7 Å². The molecule has 0 amide bonds. The fraction of sp³-hybridized carbons (Fsp3) is 0.321. The van der Waals surface area contributed by atoms with Gasteiger partial charge in [-0.2, -0.15) is 0 Å². The maximum absolute atomic E-state index is 15.2. The summed E-state index contributed by atoms with van der Waals surface area (Å²) < 4.78 is 83.6. The predicted molar refractivity (Wildman–Crippen MR) is 144 cm³/mol. The second-order valence-electron chi connectivity index (χ2n) is 10.2. The number of sulfone groups is 1. The highest BCUT2D eigenvalue weighted by atomic mass is 32.2. The van der Waals surface area contributed by atoms with E-state index in [9.17, 15) is 12.8 Å². The lowest BCUT2D eigenvalue weighted by Gasteiger charge is -2.26. The molecule has 5 rings (SSSR count). The smallest absolute Gasteiger partial charge is 0.223 e. The number of halogens is 4. The van der Waals surface area contributed by atoms with Crippen LogP contribution in [0.25, 0.3) is 22.3 Å². The summed E-state index contributed by atoms with van der Waals surface area (Å²) in [7, 11) is -4.11. The molecule has 40 heavy (non-hydrogen) atoms. The van der Waals surface area contributed by atoms with Crippen molar-refractivity contribution >= 4 is 26.8 Å². The van der Waals surface area contributed by atoms with Gasteiger partial charge < -0.3 is 11.1 Å². The minimum absolute atomic E-state index is 0.0494. The van der Waals surface area contributed by atoms with E-state index in [1.165, 1.54) is 24.4 Å². The fourth-order valence-corrected chi connectivity index (χ4v) is 6.40. The molecule has 210 valence electrons. The van der Waals surface area contributed by atoms with Gasteiger partial charge in [0, 0.05) is 23.2 Å². The Bertz CT molecular complexity index is 1680. The van der Waals surface area contributed by atoms with Crippen LogP contribution in [0.5, 0.6) is 0 Å². The number of benzene rings is 2. The van der Waals surface area contributed by atoms with E-state index in [1.54, 1.807) is 6.92 Å². The average Bonchev–Trinajstić information content (AvgIpc) is 2.91. The normalized spacial score (nSPS) is 17.8. The van der Waals surface area contributed by atoms with Crippen molar-refractivity contribution in [3.8, 4) is 11.3 Å². The zero-order valence-corrected chi connectivity index (χ0v) is 22.4. The van der Waals surface area contributed by atoms with Crippen LogP contribution in [0.15, 0.2) is 42.6 Å². The van der Waals surface area contributed by atoms with Gasteiger partial charge in [-0.1, -0.05) is 12.1 Å². The van der Waals surface area contributed by atoms with Gasteiger partial charge in [-0.05, 0) is 68.0 Å². The summed E-state index contributed by atoms with van der Waals surface area (Å²) in [6.45, 7) is 1.71. The Hall–Kier alpha value is -3.64. The van der Waals surface area contributed by atoms with Crippen LogP contribution in [-0.2, 0) is 21.3 Å². The van der Waals surface area contributed by atoms with E-state index in [4.69, 9.17) is 5.73 Å². The van der Waals surface area contributed by atoms with Crippen molar-refractivity contribution in [2.45, 2.75) is 56.2 Å². The highest BCUT2D eigenvalue weighted by Crippen LogP contribution is 2.31. The van der Waals surface area contributed by atoms with Gasteiger partial charge in [0.15, 0.2) is 21.5 Å². The Morgan fingerprint density at radius 2 is 1.65 bits per heavy atom. The van der Waals surface area contributed by atoms with Crippen molar-refractivity contribution in [1.82, 2.24) is 15.0 Å². The molecule has 2 aromatic carbocycles. The first kappa shape index (κ1) is 27.9. The Balaban J connectivity index is 1.41. The second-order valence-corrected chi connectivity index (χ2v) is 12.2. The van der Waals surface area contributed by atoms with E-state index in [1.807, 2.05) is 0 Å². The minimum atomic E-state index is -4.11. The van der Waals surface area contributed by atoms with Crippen LogP contribution in [0.4, 0.5) is 23.5 Å². The standard InChI is InChI=1S/C28H27F4N5O2S/c1-15-10-23(36-24-12-34-28(37-27(15)24)35-19-8-6-18(33)7-9-19)20-11-22(30)21(26(32)25(20)31)14-40(38,39)13-16-2-4-17(29)5-3-16/h2-5,10-12,18-19H,6-9,13-14,33H2,1H3,(H,34,35,37). The summed E-state index contributed by atoms with van der Waals surface area (Å²) in [6, 6.07) is 7.26. The SMILES string of the molecule is Cc1cc(-c2cc(F)c(CS(=O)(=O)Cc3ccc(F)cc3)c(F)c2F)nc2cnc(NC3CCC(N)CC3)nc12. The molecule has 2 heterocycles. The molecular formula is C28H27F4N5O2S. The summed E-state index contributed by atoms with van der Waals surface area (Å²) in [4.78, 5) is 13.2. The van der Waals surface area contributed by atoms with Crippen LogP contribution < -0.4 is 11.1 Å². The number of fused-ring (bicyclic) bond motifs is 1. The summed E-state index contributed by atoms with van der Waals surface area (Å²) >= 11 is 0. The summed E-state index contributed by atoms with van der Waals surface area (Å²) in [5.41, 5.74) is 6.17. The molecule has 4 aromatic rings. The third-order valence-corrected chi connectivity index (χ3v) is 8.54. The number of rotatable bonds is 7. The number of nitrogens with two attached hydrogens (primary N) is 1. The summed E-state index contributed by atoms with van der Waals surface area (Å²) in [5, 5.41) is 3.30. The molecule has 1 aliphatic rings. The highest BCUT2D eigenvalue weighted by Gasteiger charge is 2.26. The minimum Gasteiger partial charge on any atom is -0.351 e. The van der Waals surface area contributed by atoms with Crippen molar-refractivity contribution in [3.63, 3.8) is 0 Å². The number of aryl methyl sites for hydroxylation is 1. The first-order chi connectivity index (χ1) is 19.0. The van der Waals surface area contributed by atoms with Crippen LogP contribution >= 0.6 is 0 Å². The van der Waals surface area contributed by atoms with Crippen molar-refractivity contribution in [2.75, 3.05) is 5.32 Å². The number of anilines is 1. The van der Waals surface area contributed by atoms with Gasteiger partial charge >= 0.3 is 0 Å². The van der Waals surface area contributed by atoms with Crippen LogP contribution in [0.2, 0.25) is 0 Å². The first-order valence-corrected chi connectivity index (χ1v) is 14.6. The maximum atomic E-state index is 15.2. The van der Waals surface area contributed by atoms with Crippen molar-refractivity contribution in [3.05, 3.63) is 82.6 Å². The molecule has 1 fully saturated rings. The second kappa shape index (κ2) is 11.1. The Kier molecular flexibility index (Phi) is 7.74. The Morgan fingerprint density at radius 3 is 2.35 bits per heavy atom. The van der Waals surface area contributed by atoms with Crippen molar-refractivity contribution < 1.29 is 26.0 Å². The zero-order chi connectivity index (χ0) is 28.6. The van der Waals surface area contributed by atoms with E-state index in [-0.39, 0.29) is 23.3 Å². The number of nitrogens with one attached hydrogen (secondary N) is 1. The number of pyridine rings is 1. The van der Waals surface area contributed by atoms with Crippen LogP contribution in [0.3, 0.4) is 0 Å². The molecule has 12 heteroatoms. The largest absolute Gasteiger partial charge is 0.351 e. The molecule has 2 aromatic heterocycles. The lowest BCUT2D eigenvalue weighted by Crippen LogP contribution is -2.33. The van der Waals surface area contributed by atoms with Gasteiger partial charge in [-0.25, -0.2) is 40.9 Å². The van der Waals surface area contributed by atoms with Crippen LogP contribution in [0.1, 0.15) is 42.4 Å². The van der Waals surface area contributed by atoms with Crippen LogP contribution in [0, 0.1) is 30.2 Å². The molecular weight excluding hydrogens is 546 g/mol. The van der Waals surface area contributed by atoms with E-state index >= 15 is 13.2 Å². The number of hydrogen-bond donors (Lipinski definition) is 2. The average molecular weight is 574 g/mol. The molecule has 7 nitrogen and oxygen atoms in total. The van der Waals surface area contributed by atoms with Crippen molar-refractivity contribution in [1.29, 1.82) is 0 Å². The molecule has 0 radical (unpaired) electrons. The fourth-order valence-electron chi connectivity index (χ4n) is 4.89. The topological polar surface area (TPSA) is 111 Å². The Morgan fingerprint density at radius 1 is 0.950 bits per heavy atom. The third-order valence-electron chi connectivity index (χ3n) is 7.04.